The van der Waals surface area contributed by atoms with Crippen LogP contribution in [-0.2, 0) is 6.42 Å². The second-order valence-electron chi connectivity index (χ2n) is 5.53. The number of hydrogen-bond acceptors (Lipinski definition) is 2. The molecule has 0 spiro atoms. The maximum Gasteiger partial charge on any atom is 0.0108 e. The largest absolute Gasteiger partial charge is 0.327 e. The highest BCUT2D eigenvalue weighted by molar-refractivity contribution is 7.07. The first kappa shape index (κ1) is 12.1. The first-order valence-corrected chi connectivity index (χ1v) is 7.37. The van der Waals surface area contributed by atoms with Gasteiger partial charge in [-0.25, -0.2) is 0 Å². The molecule has 1 saturated carbocycles. The van der Waals surface area contributed by atoms with Gasteiger partial charge in [-0.3, -0.25) is 0 Å². The van der Waals surface area contributed by atoms with Gasteiger partial charge in [0.25, 0.3) is 0 Å². The second kappa shape index (κ2) is 5.33. The highest BCUT2D eigenvalue weighted by Gasteiger charge is 2.28. The summed E-state index contributed by atoms with van der Waals surface area (Å²) in [5.74, 6) is 2.49. The summed E-state index contributed by atoms with van der Waals surface area (Å²) < 4.78 is 0. The Morgan fingerprint density at radius 1 is 1.38 bits per heavy atom. The van der Waals surface area contributed by atoms with Crippen molar-refractivity contribution >= 4 is 11.3 Å². The predicted molar refractivity (Wildman–Crippen MR) is 71.7 cm³/mol. The summed E-state index contributed by atoms with van der Waals surface area (Å²) in [6.07, 6.45) is 5.09. The van der Waals surface area contributed by atoms with Crippen LogP contribution in [0.5, 0.6) is 0 Å². The Balaban J connectivity index is 1.88. The van der Waals surface area contributed by atoms with E-state index in [1.54, 1.807) is 11.3 Å². The second-order valence-corrected chi connectivity index (χ2v) is 6.31. The van der Waals surface area contributed by atoms with E-state index in [0.717, 1.165) is 24.2 Å². The minimum Gasteiger partial charge on any atom is -0.327 e. The zero-order chi connectivity index (χ0) is 11.5. The summed E-state index contributed by atoms with van der Waals surface area (Å²) in [6.45, 7) is 4.76. The summed E-state index contributed by atoms with van der Waals surface area (Å²) in [4.78, 5) is 0. The molecule has 0 bridgehead atoms. The molecule has 1 fully saturated rings. The molecule has 1 nitrogen and oxygen atoms in total. The zero-order valence-corrected chi connectivity index (χ0v) is 11.2. The average molecular weight is 237 g/mol. The van der Waals surface area contributed by atoms with Crippen molar-refractivity contribution in [2.24, 2.45) is 23.5 Å². The maximum absolute atomic E-state index is 6.35. The summed E-state index contributed by atoms with van der Waals surface area (Å²) in [5.41, 5.74) is 7.77. The molecule has 1 aromatic rings. The molecule has 1 heterocycles. The van der Waals surface area contributed by atoms with Crippen molar-refractivity contribution in [2.45, 2.75) is 45.6 Å². The average Bonchev–Trinajstić information content (AvgIpc) is 2.74. The zero-order valence-electron chi connectivity index (χ0n) is 10.4. The first-order chi connectivity index (χ1) is 7.66. The Morgan fingerprint density at radius 3 is 2.81 bits per heavy atom. The summed E-state index contributed by atoms with van der Waals surface area (Å²) in [6, 6.07) is 2.57. The summed E-state index contributed by atoms with van der Waals surface area (Å²) in [7, 11) is 0. The van der Waals surface area contributed by atoms with Crippen LogP contribution in [0.3, 0.4) is 0 Å². The fourth-order valence-electron chi connectivity index (χ4n) is 2.83. The topological polar surface area (TPSA) is 26.0 Å². The lowest BCUT2D eigenvalue weighted by Crippen LogP contribution is -2.36. The molecule has 90 valence electrons. The fraction of sp³-hybridized carbons (Fsp3) is 0.714. The molecular weight excluding hydrogens is 214 g/mol. The molecule has 1 aliphatic rings. The summed E-state index contributed by atoms with van der Waals surface area (Å²) in [5, 5.41) is 4.38. The van der Waals surface area contributed by atoms with Crippen molar-refractivity contribution in [3.05, 3.63) is 22.4 Å². The highest BCUT2D eigenvalue weighted by atomic mass is 32.1. The Morgan fingerprint density at radius 2 is 2.19 bits per heavy atom. The molecular formula is C14H23NS. The van der Waals surface area contributed by atoms with E-state index in [2.05, 4.69) is 30.7 Å². The van der Waals surface area contributed by atoms with Crippen molar-refractivity contribution in [1.82, 2.24) is 0 Å². The van der Waals surface area contributed by atoms with E-state index in [9.17, 15) is 0 Å². The van der Waals surface area contributed by atoms with E-state index in [4.69, 9.17) is 5.73 Å². The lowest BCUT2D eigenvalue weighted by Gasteiger charge is -2.35. The molecule has 1 aliphatic carbocycles. The van der Waals surface area contributed by atoms with Crippen LogP contribution in [0.15, 0.2) is 16.8 Å². The normalized spacial score (nSPS) is 32.6. The molecule has 0 aromatic carbocycles. The van der Waals surface area contributed by atoms with Crippen LogP contribution in [0.4, 0.5) is 0 Å². The number of nitrogens with two attached hydrogens (primary N) is 1. The summed E-state index contributed by atoms with van der Waals surface area (Å²) >= 11 is 1.77. The number of rotatable bonds is 3. The highest BCUT2D eigenvalue weighted by Crippen LogP contribution is 2.35. The lowest BCUT2D eigenvalue weighted by atomic mass is 9.72. The van der Waals surface area contributed by atoms with Gasteiger partial charge in [0, 0.05) is 6.04 Å². The third-order valence-corrected chi connectivity index (χ3v) is 5.03. The Bertz CT molecular complexity index is 307. The van der Waals surface area contributed by atoms with Gasteiger partial charge in [0.15, 0.2) is 0 Å². The molecule has 2 N–H and O–H groups in total. The van der Waals surface area contributed by atoms with E-state index in [1.807, 2.05) is 0 Å². The van der Waals surface area contributed by atoms with Gasteiger partial charge in [-0.15, -0.1) is 0 Å². The van der Waals surface area contributed by atoms with Gasteiger partial charge in [0.2, 0.25) is 0 Å². The standard InChI is InChI=1S/C14H23NS/c1-10-3-4-13(7-11(10)2)14(15)8-12-5-6-16-9-12/h5-6,9-11,13-14H,3-4,7-8,15H2,1-2H3. The van der Waals surface area contributed by atoms with Crippen molar-refractivity contribution in [3.8, 4) is 0 Å². The predicted octanol–water partition coefficient (Wildman–Crippen LogP) is 3.69. The molecule has 0 saturated heterocycles. The van der Waals surface area contributed by atoms with Crippen LogP contribution in [0.25, 0.3) is 0 Å². The number of thiophene rings is 1. The minimum atomic E-state index is 0.365. The fourth-order valence-corrected chi connectivity index (χ4v) is 3.51. The minimum absolute atomic E-state index is 0.365. The molecule has 4 unspecified atom stereocenters. The van der Waals surface area contributed by atoms with E-state index in [0.29, 0.717) is 6.04 Å². The van der Waals surface area contributed by atoms with Crippen LogP contribution < -0.4 is 5.73 Å². The molecule has 4 atom stereocenters. The van der Waals surface area contributed by atoms with Gasteiger partial charge < -0.3 is 5.73 Å². The quantitative estimate of drug-likeness (QED) is 0.852. The molecule has 0 radical (unpaired) electrons. The van der Waals surface area contributed by atoms with Gasteiger partial charge in [0.1, 0.15) is 0 Å². The van der Waals surface area contributed by atoms with Crippen LogP contribution in [0.2, 0.25) is 0 Å². The molecule has 1 aromatic heterocycles. The molecule has 0 amide bonds. The third-order valence-electron chi connectivity index (χ3n) is 4.30. The molecule has 2 rings (SSSR count). The Hall–Kier alpha value is -0.340. The number of hydrogen-bond donors (Lipinski definition) is 1. The smallest absolute Gasteiger partial charge is 0.0108 e. The van der Waals surface area contributed by atoms with E-state index in [1.165, 1.54) is 24.8 Å². The van der Waals surface area contributed by atoms with Gasteiger partial charge in [0.05, 0.1) is 0 Å². The van der Waals surface area contributed by atoms with Crippen molar-refractivity contribution in [3.63, 3.8) is 0 Å². The van der Waals surface area contributed by atoms with Gasteiger partial charge >= 0.3 is 0 Å². The monoisotopic (exact) mass is 237 g/mol. The van der Waals surface area contributed by atoms with Crippen LogP contribution in [-0.4, -0.2) is 6.04 Å². The van der Waals surface area contributed by atoms with Crippen LogP contribution in [0, 0.1) is 17.8 Å². The van der Waals surface area contributed by atoms with Crippen molar-refractivity contribution in [2.75, 3.05) is 0 Å². The first-order valence-electron chi connectivity index (χ1n) is 6.43. The third kappa shape index (κ3) is 2.86. The maximum atomic E-state index is 6.35. The van der Waals surface area contributed by atoms with Gasteiger partial charge in [-0.2, -0.15) is 11.3 Å². The molecule has 2 heteroatoms. The van der Waals surface area contributed by atoms with Crippen molar-refractivity contribution < 1.29 is 0 Å². The van der Waals surface area contributed by atoms with E-state index in [-0.39, 0.29) is 0 Å². The van der Waals surface area contributed by atoms with Crippen LogP contribution in [0.1, 0.15) is 38.7 Å². The van der Waals surface area contributed by atoms with Crippen LogP contribution >= 0.6 is 11.3 Å². The Labute approximate surface area is 103 Å². The van der Waals surface area contributed by atoms with Gasteiger partial charge in [-0.1, -0.05) is 20.3 Å². The van der Waals surface area contributed by atoms with Crippen molar-refractivity contribution in [1.29, 1.82) is 0 Å². The van der Waals surface area contributed by atoms with E-state index < -0.39 is 0 Å². The molecule has 16 heavy (non-hydrogen) atoms. The van der Waals surface area contributed by atoms with Gasteiger partial charge in [-0.05, 0) is 59.4 Å². The van der Waals surface area contributed by atoms with E-state index >= 15 is 0 Å². The SMILES string of the molecule is CC1CCC(C(N)Cc2ccsc2)CC1C. The Kier molecular flexibility index (Phi) is 4.04. The molecule has 0 aliphatic heterocycles. The lowest BCUT2D eigenvalue weighted by molar-refractivity contribution is 0.185.